The molecule has 0 spiro atoms. The highest BCUT2D eigenvalue weighted by molar-refractivity contribution is 7.93. The summed E-state index contributed by atoms with van der Waals surface area (Å²) in [6.07, 6.45) is 2.17. The number of rotatable bonds is 3. The van der Waals surface area contributed by atoms with Gasteiger partial charge in [-0.1, -0.05) is 6.92 Å². The summed E-state index contributed by atoms with van der Waals surface area (Å²) < 4.78 is 22.6. The van der Waals surface area contributed by atoms with Crippen LogP contribution in [-0.2, 0) is 9.84 Å². The minimum Gasteiger partial charge on any atom is -0.228 e. The molecular formula is C8H15O2S. The molecule has 0 bridgehead atoms. The summed E-state index contributed by atoms with van der Waals surface area (Å²) in [5.74, 6) is 0. The first-order valence-electron chi connectivity index (χ1n) is 3.94. The average Bonchev–Trinajstić information content (AvgIpc) is 2.68. The van der Waals surface area contributed by atoms with Crippen LogP contribution in [0, 0.1) is 6.92 Å². The lowest BCUT2D eigenvalue weighted by molar-refractivity contribution is 0.545. The van der Waals surface area contributed by atoms with Crippen molar-refractivity contribution in [1.82, 2.24) is 0 Å². The number of hydrogen-bond acceptors (Lipinski definition) is 2. The average molecular weight is 175 g/mol. The van der Waals surface area contributed by atoms with Gasteiger partial charge in [0.05, 0.1) is 10.00 Å². The summed E-state index contributed by atoms with van der Waals surface area (Å²) in [6, 6.07) is 0. The van der Waals surface area contributed by atoms with Gasteiger partial charge >= 0.3 is 0 Å². The Hall–Kier alpha value is -0.0500. The van der Waals surface area contributed by atoms with Crippen LogP contribution in [0.4, 0.5) is 0 Å². The monoisotopic (exact) mass is 175 g/mol. The van der Waals surface area contributed by atoms with Gasteiger partial charge in [-0.2, -0.15) is 0 Å². The van der Waals surface area contributed by atoms with Crippen LogP contribution < -0.4 is 0 Å². The Balaban J connectivity index is 2.87. The topological polar surface area (TPSA) is 34.1 Å². The van der Waals surface area contributed by atoms with Crippen LogP contribution in [0.2, 0.25) is 0 Å². The van der Waals surface area contributed by atoms with Crippen molar-refractivity contribution in [3.8, 4) is 0 Å². The second-order valence-electron chi connectivity index (χ2n) is 3.75. The largest absolute Gasteiger partial charge is 0.228 e. The molecule has 1 aliphatic carbocycles. The van der Waals surface area contributed by atoms with Crippen LogP contribution in [-0.4, -0.2) is 18.4 Å². The van der Waals surface area contributed by atoms with Gasteiger partial charge in [-0.05, 0) is 33.1 Å². The summed E-state index contributed by atoms with van der Waals surface area (Å²) in [5.41, 5.74) is 0. The van der Waals surface area contributed by atoms with Crippen LogP contribution in [0.15, 0.2) is 0 Å². The van der Waals surface area contributed by atoms with Crippen molar-refractivity contribution in [2.45, 2.75) is 43.1 Å². The summed E-state index contributed by atoms with van der Waals surface area (Å²) in [4.78, 5) is 0. The summed E-state index contributed by atoms with van der Waals surface area (Å²) in [7, 11) is -2.88. The van der Waals surface area contributed by atoms with Crippen LogP contribution in [0.3, 0.4) is 0 Å². The summed E-state index contributed by atoms with van der Waals surface area (Å²) in [5, 5.41) is -0.0563. The zero-order chi connectivity index (χ0) is 8.70. The lowest BCUT2D eigenvalue weighted by Crippen LogP contribution is -2.33. The minimum absolute atomic E-state index is 0.0563. The van der Waals surface area contributed by atoms with Gasteiger partial charge in [-0.25, -0.2) is 8.42 Å². The fourth-order valence-electron chi connectivity index (χ4n) is 0.972. The minimum atomic E-state index is -2.88. The molecule has 0 amide bonds. The van der Waals surface area contributed by atoms with E-state index in [0.29, 0.717) is 6.42 Å². The Bertz CT molecular complexity index is 235. The molecule has 0 aliphatic heterocycles. The number of hydrogen-bond donors (Lipinski definition) is 0. The van der Waals surface area contributed by atoms with E-state index in [0.717, 1.165) is 12.8 Å². The highest BCUT2D eigenvalue weighted by atomic mass is 32.2. The molecule has 3 heteroatoms. The number of sulfone groups is 1. The molecule has 1 fully saturated rings. The Morgan fingerprint density at radius 3 is 2.18 bits per heavy atom. The first-order valence-corrected chi connectivity index (χ1v) is 5.49. The van der Waals surface area contributed by atoms with Crippen LogP contribution in [0.5, 0.6) is 0 Å². The molecule has 0 N–H and O–H groups in total. The normalized spacial score (nSPS) is 20.3. The van der Waals surface area contributed by atoms with E-state index in [1.54, 1.807) is 13.8 Å². The molecule has 1 saturated carbocycles. The van der Waals surface area contributed by atoms with Gasteiger partial charge in [0.25, 0.3) is 0 Å². The van der Waals surface area contributed by atoms with E-state index < -0.39 is 14.6 Å². The lowest BCUT2D eigenvalue weighted by atomic mass is 10.1. The molecule has 2 nitrogen and oxygen atoms in total. The molecule has 0 unspecified atom stereocenters. The third kappa shape index (κ3) is 1.43. The maximum absolute atomic E-state index is 11.6. The fourth-order valence-corrected chi connectivity index (χ4v) is 2.92. The smallest absolute Gasteiger partial charge is 0.158 e. The van der Waals surface area contributed by atoms with Gasteiger partial charge in [0.1, 0.15) is 0 Å². The second-order valence-corrected chi connectivity index (χ2v) is 6.62. The van der Waals surface area contributed by atoms with E-state index in [-0.39, 0.29) is 5.25 Å². The van der Waals surface area contributed by atoms with E-state index in [1.807, 2.05) is 0 Å². The SMILES string of the molecule is [CH2]CC(C)(C)S(=O)(=O)C1CC1. The van der Waals surface area contributed by atoms with Crippen LogP contribution in [0.1, 0.15) is 33.1 Å². The zero-order valence-corrected chi connectivity index (χ0v) is 7.95. The molecule has 0 atom stereocenters. The van der Waals surface area contributed by atoms with Crippen molar-refractivity contribution >= 4 is 9.84 Å². The predicted molar refractivity (Wildman–Crippen MR) is 46.0 cm³/mol. The molecule has 1 rings (SSSR count). The standard InChI is InChI=1S/C8H15O2S/c1-4-8(2,3)11(9,10)7-5-6-7/h7H,1,4-6H2,2-3H3. The van der Waals surface area contributed by atoms with Gasteiger partial charge < -0.3 is 0 Å². The predicted octanol–water partition coefficient (Wildman–Crippen LogP) is 1.57. The van der Waals surface area contributed by atoms with Gasteiger partial charge in [-0.15, -0.1) is 0 Å². The van der Waals surface area contributed by atoms with Gasteiger partial charge in [0, 0.05) is 0 Å². The van der Waals surface area contributed by atoms with E-state index >= 15 is 0 Å². The highest BCUT2D eigenvalue weighted by Gasteiger charge is 2.44. The summed E-state index contributed by atoms with van der Waals surface area (Å²) >= 11 is 0. The van der Waals surface area contributed by atoms with Crippen molar-refractivity contribution in [3.05, 3.63) is 6.92 Å². The Morgan fingerprint density at radius 1 is 1.45 bits per heavy atom. The van der Waals surface area contributed by atoms with Crippen molar-refractivity contribution in [2.24, 2.45) is 0 Å². The van der Waals surface area contributed by atoms with Gasteiger partial charge in [0.15, 0.2) is 9.84 Å². The van der Waals surface area contributed by atoms with E-state index in [4.69, 9.17) is 0 Å². The Kier molecular flexibility index (Phi) is 2.03. The van der Waals surface area contributed by atoms with Crippen LogP contribution in [0.25, 0.3) is 0 Å². The maximum atomic E-state index is 11.6. The molecule has 0 saturated heterocycles. The summed E-state index contributed by atoms with van der Waals surface area (Å²) in [6.45, 7) is 7.17. The molecular weight excluding hydrogens is 160 g/mol. The molecule has 1 radical (unpaired) electrons. The zero-order valence-electron chi connectivity index (χ0n) is 7.13. The lowest BCUT2D eigenvalue weighted by Gasteiger charge is -2.22. The van der Waals surface area contributed by atoms with Gasteiger partial charge in [-0.3, -0.25) is 0 Å². The van der Waals surface area contributed by atoms with Crippen molar-refractivity contribution in [3.63, 3.8) is 0 Å². The fraction of sp³-hybridized carbons (Fsp3) is 0.875. The van der Waals surface area contributed by atoms with Crippen molar-refractivity contribution < 1.29 is 8.42 Å². The van der Waals surface area contributed by atoms with Crippen molar-refractivity contribution in [2.75, 3.05) is 0 Å². The second kappa shape index (κ2) is 2.47. The highest BCUT2D eigenvalue weighted by Crippen LogP contribution is 2.37. The first-order chi connectivity index (χ1) is 4.92. The molecule has 0 heterocycles. The molecule has 11 heavy (non-hydrogen) atoms. The van der Waals surface area contributed by atoms with Gasteiger partial charge in [0.2, 0.25) is 0 Å². The molecule has 0 aromatic rings. The molecule has 0 aromatic heterocycles. The molecule has 65 valence electrons. The Labute approximate surface area is 68.9 Å². The first kappa shape index (κ1) is 9.04. The third-order valence-corrected chi connectivity index (χ3v) is 5.43. The van der Waals surface area contributed by atoms with E-state index in [9.17, 15) is 8.42 Å². The van der Waals surface area contributed by atoms with Crippen LogP contribution >= 0.6 is 0 Å². The quantitative estimate of drug-likeness (QED) is 0.652. The maximum Gasteiger partial charge on any atom is 0.158 e. The Morgan fingerprint density at radius 2 is 1.91 bits per heavy atom. The molecule has 1 aliphatic rings. The van der Waals surface area contributed by atoms with E-state index in [1.165, 1.54) is 0 Å². The van der Waals surface area contributed by atoms with Crippen molar-refractivity contribution in [1.29, 1.82) is 0 Å². The van der Waals surface area contributed by atoms with E-state index in [2.05, 4.69) is 6.92 Å². The third-order valence-electron chi connectivity index (χ3n) is 2.34. The molecule has 0 aromatic carbocycles.